The molecule has 4 heteroatoms. The first kappa shape index (κ1) is 14.6. The Hall–Kier alpha value is -1.44. The Morgan fingerprint density at radius 3 is 2.67 bits per heavy atom. The van der Waals surface area contributed by atoms with Crippen molar-refractivity contribution in [1.82, 2.24) is 0 Å². The smallest absolute Gasteiger partial charge is 0.124 e. The van der Waals surface area contributed by atoms with Gasteiger partial charge in [-0.15, -0.1) is 0 Å². The topological polar surface area (TPSA) is 42.2 Å². The molecule has 0 aliphatic heterocycles. The highest BCUT2D eigenvalue weighted by molar-refractivity contribution is 5.33. The van der Waals surface area contributed by atoms with Crippen LogP contribution in [0.4, 0.5) is 4.39 Å². The number of unbranched alkanes of at least 4 members (excludes halogenated alkanes) is 1. The van der Waals surface area contributed by atoms with Crippen LogP contribution >= 0.6 is 0 Å². The average molecular weight is 251 g/mol. The fourth-order valence-corrected chi connectivity index (χ4v) is 1.45. The van der Waals surface area contributed by atoms with Gasteiger partial charge >= 0.3 is 0 Å². The Bertz CT molecular complexity index is 401. The first-order chi connectivity index (χ1) is 8.76. The van der Waals surface area contributed by atoms with E-state index in [0.717, 1.165) is 19.4 Å². The molecule has 0 bridgehead atoms. The summed E-state index contributed by atoms with van der Waals surface area (Å²) in [6, 6.07) is 6.12. The summed E-state index contributed by atoms with van der Waals surface area (Å²) in [6.45, 7) is 4.17. The van der Waals surface area contributed by atoms with Crippen molar-refractivity contribution < 1.29 is 13.9 Å². The van der Waals surface area contributed by atoms with E-state index in [1.54, 1.807) is 6.07 Å². The Balaban J connectivity index is 2.23. The van der Waals surface area contributed by atoms with Crippen LogP contribution in [0, 0.1) is 17.1 Å². The largest absolute Gasteiger partial charge is 0.379 e. The Morgan fingerprint density at radius 2 is 1.94 bits per heavy atom. The lowest BCUT2D eigenvalue weighted by molar-refractivity contribution is 0.0396. The Kier molecular flexibility index (Phi) is 7.00. The van der Waals surface area contributed by atoms with E-state index in [1.807, 2.05) is 6.07 Å². The lowest BCUT2D eigenvalue weighted by atomic mass is 10.1. The lowest BCUT2D eigenvalue weighted by Gasteiger charge is -2.06. The third-order valence-electron chi connectivity index (χ3n) is 2.37. The summed E-state index contributed by atoms with van der Waals surface area (Å²) in [5.74, 6) is -0.410. The molecule has 0 saturated heterocycles. The van der Waals surface area contributed by atoms with Gasteiger partial charge in [0.1, 0.15) is 5.82 Å². The Labute approximate surface area is 107 Å². The third-order valence-corrected chi connectivity index (χ3v) is 2.37. The second-order valence-electron chi connectivity index (χ2n) is 3.98. The summed E-state index contributed by atoms with van der Waals surface area (Å²) in [5.41, 5.74) is 0.980. The molecule has 0 N–H and O–H groups in total. The van der Waals surface area contributed by atoms with Crippen molar-refractivity contribution in [2.75, 3.05) is 19.8 Å². The molecule has 0 aromatic heterocycles. The predicted molar refractivity (Wildman–Crippen MR) is 66.5 cm³/mol. The molecule has 0 aliphatic rings. The second kappa shape index (κ2) is 8.62. The van der Waals surface area contributed by atoms with Crippen LogP contribution in [0.2, 0.25) is 0 Å². The van der Waals surface area contributed by atoms with E-state index in [0.29, 0.717) is 30.9 Å². The van der Waals surface area contributed by atoms with E-state index >= 15 is 0 Å². The minimum Gasteiger partial charge on any atom is -0.379 e. The minimum absolute atomic E-state index is 0.295. The number of hydrogen-bond donors (Lipinski definition) is 0. The third kappa shape index (κ3) is 5.76. The van der Waals surface area contributed by atoms with Gasteiger partial charge in [-0.3, -0.25) is 0 Å². The van der Waals surface area contributed by atoms with Crippen molar-refractivity contribution in [3.8, 4) is 6.07 Å². The molecule has 0 atom stereocenters. The molecule has 0 saturated carbocycles. The van der Waals surface area contributed by atoms with Crippen LogP contribution in [0.3, 0.4) is 0 Å². The van der Waals surface area contributed by atoms with Gasteiger partial charge in [0.05, 0.1) is 31.5 Å². The van der Waals surface area contributed by atoms with E-state index in [4.69, 9.17) is 14.7 Å². The van der Waals surface area contributed by atoms with E-state index in [2.05, 4.69) is 6.92 Å². The lowest BCUT2D eigenvalue weighted by Crippen LogP contribution is -2.05. The van der Waals surface area contributed by atoms with Crippen LogP contribution < -0.4 is 0 Å². The number of nitrogens with zero attached hydrogens (tertiary/aromatic N) is 1. The fraction of sp³-hybridized carbons (Fsp3) is 0.500. The zero-order valence-electron chi connectivity index (χ0n) is 10.6. The van der Waals surface area contributed by atoms with Crippen molar-refractivity contribution in [3.05, 3.63) is 35.1 Å². The predicted octanol–water partition coefficient (Wildman–Crippen LogP) is 3.03. The van der Waals surface area contributed by atoms with Crippen molar-refractivity contribution >= 4 is 0 Å². The van der Waals surface area contributed by atoms with E-state index in [1.165, 1.54) is 12.1 Å². The second-order valence-corrected chi connectivity index (χ2v) is 3.98. The van der Waals surface area contributed by atoms with Gasteiger partial charge in [0.25, 0.3) is 0 Å². The SMILES string of the molecule is CCCCOCCOCc1cc(F)cc(C#N)c1. The number of rotatable bonds is 8. The summed E-state index contributed by atoms with van der Waals surface area (Å²) in [7, 11) is 0. The minimum atomic E-state index is -0.410. The molecule has 1 aromatic carbocycles. The van der Waals surface area contributed by atoms with Crippen LogP contribution in [0.1, 0.15) is 30.9 Å². The highest BCUT2D eigenvalue weighted by Crippen LogP contribution is 2.09. The highest BCUT2D eigenvalue weighted by atomic mass is 19.1. The van der Waals surface area contributed by atoms with Crippen LogP contribution in [-0.4, -0.2) is 19.8 Å². The molecule has 3 nitrogen and oxygen atoms in total. The van der Waals surface area contributed by atoms with Crippen molar-refractivity contribution in [2.45, 2.75) is 26.4 Å². The molecular weight excluding hydrogens is 233 g/mol. The molecule has 0 spiro atoms. The molecule has 0 heterocycles. The van der Waals surface area contributed by atoms with Crippen molar-refractivity contribution in [2.24, 2.45) is 0 Å². The molecule has 18 heavy (non-hydrogen) atoms. The highest BCUT2D eigenvalue weighted by Gasteiger charge is 2.00. The van der Waals surface area contributed by atoms with Gasteiger partial charge < -0.3 is 9.47 Å². The van der Waals surface area contributed by atoms with Gasteiger partial charge in [-0.1, -0.05) is 13.3 Å². The molecule has 0 aliphatic carbocycles. The van der Waals surface area contributed by atoms with Gasteiger partial charge in [-0.2, -0.15) is 5.26 Å². The maximum absolute atomic E-state index is 13.1. The van der Waals surface area contributed by atoms with Gasteiger partial charge in [0, 0.05) is 6.61 Å². The average Bonchev–Trinajstić information content (AvgIpc) is 2.37. The van der Waals surface area contributed by atoms with Crippen molar-refractivity contribution in [1.29, 1.82) is 5.26 Å². The summed E-state index contributed by atoms with van der Waals surface area (Å²) in [5, 5.41) is 8.70. The zero-order chi connectivity index (χ0) is 13.2. The molecule has 1 aromatic rings. The van der Waals surface area contributed by atoms with E-state index in [-0.39, 0.29) is 0 Å². The normalized spacial score (nSPS) is 10.3. The van der Waals surface area contributed by atoms with Crippen LogP contribution in [0.15, 0.2) is 18.2 Å². The Morgan fingerprint density at radius 1 is 1.17 bits per heavy atom. The van der Waals surface area contributed by atoms with Gasteiger partial charge in [0.15, 0.2) is 0 Å². The molecule has 0 amide bonds. The molecule has 0 fully saturated rings. The standard InChI is InChI=1S/C14H18FNO2/c1-2-3-4-17-5-6-18-11-13-7-12(10-16)8-14(15)9-13/h7-9H,2-6,11H2,1H3. The quantitative estimate of drug-likeness (QED) is 0.667. The summed E-state index contributed by atoms with van der Waals surface area (Å²) in [4.78, 5) is 0. The molecule has 98 valence electrons. The number of benzene rings is 1. The molecule has 1 rings (SSSR count). The maximum Gasteiger partial charge on any atom is 0.124 e. The van der Waals surface area contributed by atoms with Crippen LogP contribution in [-0.2, 0) is 16.1 Å². The number of ether oxygens (including phenoxy) is 2. The number of hydrogen-bond acceptors (Lipinski definition) is 3. The first-order valence-corrected chi connectivity index (χ1v) is 6.11. The van der Waals surface area contributed by atoms with Gasteiger partial charge in [-0.25, -0.2) is 4.39 Å². The zero-order valence-corrected chi connectivity index (χ0v) is 10.6. The number of halogens is 1. The molecular formula is C14H18FNO2. The van der Waals surface area contributed by atoms with E-state index in [9.17, 15) is 4.39 Å². The van der Waals surface area contributed by atoms with Gasteiger partial charge in [0.2, 0.25) is 0 Å². The molecule has 0 unspecified atom stereocenters. The molecule has 0 radical (unpaired) electrons. The van der Waals surface area contributed by atoms with Gasteiger partial charge in [-0.05, 0) is 30.2 Å². The first-order valence-electron chi connectivity index (χ1n) is 6.11. The summed E-state index contributed by atoms with van der Waals surface area (Å²) in [6.07, 6.45) is 2.16. The van der Waals surface area contributed by atoms with Crippen molar-refractivity contribution in [3.63, 3.8) is 0 Å². The monoisotopic (exact) mass is 251 g/mol. The van der Waals surface area contributed by atoms with Crippen LogP contribution in [0.5, 0.6) is 0 Å². The summed E-state index contributed by atoms with van der Waals surface area (Å²) >= 11 is 0. The number of nitriles is 1. The summed E-state index contributed by atoms with van der Waals surface area (Å²) < 4.78 is 23.8. The maximum atomic E-state index is 13.1. The van der Waals surface area contributed by atoms with E-state index < -0.39 is 5.82 Å². The fourth-order valence-electron chi connectivity index (χ4n) is 1.45. The van der Waals surface area contributed by atoms with Crippen LogP contribution in [0.25, 0.3) is 0 Å².